The third kappa shape index (κ3) is 3.89. The van der Waals surface area contributed by atoms with Crippen LogP contribution in [0.1, 0.15) is 12.0 Å². The molecule has 2 saturated heterocycles. The van der Waals surface area contributed by atoms with Gasteiger partial charge in [0.25, 0.3) is 10.2 Å². The Labute approximate surface area is 180 Å². The molecule has 2 aromatic rings. The number of ether oxygens (including phenoxy) is 1. The maximum atomic E-state index is 11.8. The number of rotatable bonds is 4. The summed E-state index contributed by atoms with van der Waals surface area (Å²) < 4.78 is 30.4. The number of morpholine rings is 1. The summed E-state index contributed by atoms with van der Waals surface area (Å²) in [6, 6.07) is 0.0162. The van der Waals surface area contributed by atoms with Crippen LogP contribution in [-0.4, -0.2) is 84.6 Å². The van der Waals surface area contributed by atoms with Gasteiger partial charge >= 0.3 is 0 Å². The van der Waals surface area contributed by atoms with E-state index in [1.54, 1.807) is 12.4 Å². The van der Waals surface area contributed by atoms with Gasteiger partial charge < -0.3 is 20.3 Å². The first-order valence-electron chi connectivity index (χ1n) is 10.3. The van der Waals surface area contributed by atoms with Crippen LogP contribution in [-0.2, 0) is 21.4 Å². The number of nitrogen functional groups attached to an aromatic ring is 1. The van der Waals surface area contributed by atoms with Crippen molar-refractivity contribution in [2.75, 3.05) is 61.5 Å². The van der Waals surface area contributed by atoms with Crippen LogP contribution in [0.4, 0.5) is 17.7 Å². The molecule has 5 rings (SSSR count). The fourth-order valence-corrected chi connectivity index (χ4v) is 5.16. The zero-order chi connectivity index (χ0) is 21.6. The molecule has 0 unspecified atom stereocenters. The van der Waals surface area contributed by atoms with E-state index in [-0.39, 0.29) is 12.0 Å². The molecule has 13 heteroatoms. The topological polar surface area (TPSA) is 157 Å². The quantitative estimate of drug-likeness (QED) is 0.595. The predicted octanol–water partition coefficient (Wildman–Crippen LogP) is -1.01. The maximum Gasteiger partial charge on any atom is 0.276 e. The van der Waals surface area contributed by atoms with Crippen molar-refractivity contribution in [3.05, 3.63) is 18.0 Å². The summed E-state index contributed by atoms with van der Waals surface area (Å²) in [5, 5.41) is 5.34. The molecule has 2 fully saturated rings. The SMILES string of the molecule is Nc1ncc(-c2nc(N3CCOCC3)nc3c2CCN3[C@@H]2CCN(S(N)(=O)=O)C2)cn1. The minimum atomic E-state index is -3.70. The van der Waals surface area contributed by atoms with E-state index in [4.69, 9.17) is 25.6 Å². The molecule has 0 spiro atoms. The number of hydrogen-bond donors (Lipinski definition) is 2. The van der Waals surface area contributed by atoms with Crippen LogP contribution in [0.15, 0.2) is 12.4 Å². The molecule has 5 heterocycles. The van der Waals surface area contributed by atoms with Crippen LogP contribution < -0.4 is 20.7 Å². The molecule has 0 saturated carbocycles. The number of aromatic nitrogens is 4. The lowest BCUT2D eigenvalue weighted by Gasteiger charge is -2.30. The highest BCUT2D eigenvalue weighted by atomic mass is 32.2. The highest BCUT2D eigenvalue weighted by Gasteiger charge is 2.37. The number of anilines is 3. The average molecular weight is 448 g/mol. The third-order valence-electron chi connectivity index (χ3n) is 6.01. The second kappa shape index (κ2) is 7.82. The first-order valence-corrected chi connectivity index (χ1v) is 11.8. The van der Waals surface area contributed by atoms with E-state index < -0.39 is 10.2 Å². The summed E-state index contributed by atoms with van der Waals surface area (Å²) in [7, 11) is -3.70. The molecule has 0 bridgehead atoms. The van der Waals surface area contributed by atoms with Crippen molar-refractivity contribution in [1.29, 1.82) is 0 Å². The standard InChI is InChI=1S/C18H25N9O3S/c19-17-21-9-12(10-22-17)15-14-2-4-27(13-1-3-26(11-13)31(20,28)29)16(14)24-18(23-15)25-5-7-30-8-6-25/h9-10,13H,1-8,11H2,(H2,19,21,22)(H2,20,28,29)/t13-/m1/s1. The Kier molecular flexibility index (Phi) is 5.12. The molecule has 2 aromatic heterocycles. The lowest BCUT2D eigenvalue weighted by atomic mass is 10.1. The Morgan fingerprint density at radius 2 is 1.81 bits per heavy atom. The summed E-state index contributed by atoms with van der Waals surface area (Å²) in [4.78, 5) is 22.3. The number of nitrogens with zero attached hydrogens (tertiary/aromatic N) is 7. The minimum Gasteiger partial charge on any atom is -0.378 e. The van der Waals surface area contributed by atoms with Gasteiger partial charge in [-0.05, 0) is 12.8 Å². The van der Waals surface area contributed by atoms with Gasteiger partial charge in [-0.15, -0.1) is 0 Å². The van der Waals surface area contributed by atoms with E-state index in [1.165, 1.54) is 4.31 Å². The lowest BCUT2D eigenvalue weighted by Crippen LogP contribution is -2.41. The Balaban J connectivity index is 1.54. The Hall–Kier alpha value is -2.61. The van der Waals surface area contributed by atoms with E-state index in [9.17, 15) is 8.42 Å². The monoisotopic (exact) mass is 447 g/mol. The van der Waals surface area contributed by atoms with Crippen LogP contribution in [0.2, 0.25) is 0 Å². The number of nitrogens with two attached hydrogens (primary N) is 2. The molecule has 31 heavy (non-hydrogen) atoms. The van der Waals surface area contributed by atoms with Crippen molar-refractivity contribution in [2.24, 2.45) is 5.14 Å². The average Bonchev–Trinajstić information content (AvgIpc) is 3.41. The van der Waals surface area contributed by atoms with Crippen LogP contribution in [0.25, 0.3) is 11.3 Å². The van der Waals surface area contributed by atoms with Gasteiger partial charge in [0.15, 0.2) is 0 Å². The van der Waals surface area contributed by atoms with Gasteiger partial charge in [-0.2, -0.15) is 17.7 Å². The smallest absolute Gasteiger partial charge is 0.276 e. The predicted molar refractivity (Wildman–Crippen MR) is 115 cm³/mol. The van der Waals surface area contributed by atoms with Gasteiger partial charge in [-0.1, -0.05) is 0 Å². The first-order chi connectivity index (χ1) is 14.9. The van der Waals surface area contributed by atoms with Crippen molar-refractivity contribution < 1.29 is 13.2 Å². The van der Waals surface area contributed by atoms with Gasteiger partial charge in [-0.25, -0.2) is 20.1 Å². The van der Waals surface area contributed by atoms with Crippen molar-refractivity contribution in [3.8, 4) is 11.3 Å². The van der Waals surface area contributed by atoms with Crippen molar-refractivity contribution in [1.82, 2.24) is 24.2 Å². The van der Waals surface area contributed by atoms with Crippen LogP contribution in [0.3, 0.4) is 0 Å². The molecule has 3 aliphatic rings. The zero-order valence-electron chi connectivity index (χ0n) is 17.0. The Bertz CT molecular complexity index is 1070. The molecule has 166 valence electrons. The van der Waals surface area contributed by atoms with Crippen molar-refractivity contribution >= 4 is 27.9 Å². The molecule has 3 aliphatic heterocycles. The first kappa shape index (κ1) is 20.3. The Morgan fingerprint density at radius 1 is 1.06 bits per heavy atom. The fourth-order valence-electron chi connectivity index (χ4n) is 4.42. The summed E-state index contributed by atoms with van der Waals surface area (Å²) in [5.74, 6) is 1.67. The summed E-state index contributed by atoms with van der Waals surface area (Å²) in [6.45, 7) is 4.17. The van der Waals surface area contributed by atoms with Gasteiger partial charge in [0.2, 0.25) is 11.9 Å². The molecule has 12 nitrogen and oxygen atoms in total. The van der Waals surface area contributed by atoms with E-state index >= 15 is 0 Å². The summed E-state index contributed by atoms with van der Waals surface area (Å²) in [6.07, 6.45) is 4.81. The van der Waals surface area contributed by atoms with Crippen LogP contribution in [0, 0.1) is 0 Å². The van der Waals surface area contributed by atoms with Crippen LogP contribution in [0.5, 0.6) is 0 Å². The number of hydrogen-bond acceptors (Lipinski definition) is 10. The second-order valence-corrected chi connectivity index (χ2v) is 9.44. The molecule has 0 aromatic carbocycles. The van der Waals surface area contributed by atoms with E-state index in [1.807, 2.05) is 0 Å². The Morgan fingerprint density at radius 3 is 2.48 bits per heavy atom. The molecule has 1 atom stereocenters. The van der Waals surface area contributed by atoms with E-state index in [2.05, 4.69) is 19.8 Å². The van der Waals surface area contributed by atoms with Gasteiger partial charge in [-0.3, -0.25) is 0 Å². The third-order valence-corrected chi connectivity index (χ3v) is 7.07. The highest BCUT2D eigenvalue weighted by molar-refractivity contribution is 7.86. The second-order valence-electron chi connectivity index (χ2n) is 7.89. The molecular formula is C18H25N9O3S. The molecule has 0 amide bonds. The molecular weight excluding hydrogens is 422 g/mol. The highest BCUT2D eigenvalue weighted by Crippen LogP contribution is 2.37. The van der Waals surface area contributed by atoms with Crippen LogP contribution >= 0.6 is 0 Å². The molecule has 4 N–H and O–H groups in total. The fraction of sp³-hybridized carbons (Fsp3) is 0.556. The maximum absolute atomic E-state index is 11.8. The normalized spacial score (nSPS) is 22.2. The number of fused-ring (bicyclic) bond motifs is 1. The van der Waals surface area contributed by atoms with Gasteiger partial charge in [0.1, 0.15) is 5.82 Å². The van der Waals surface area contributed by atoms with E-state index in [0.29, 0.717) is 51.8 Å². The molecule has 0 radical (unpaired) electrons. The van der Waals surface area contributed by atoms with Crippen molar-refractivity contribution in [2.45, 2.75) is 18.9 Å². The van der Waals surface area contributed by atoms with E-state index in [0.717, 1.165) is 35.6 Å². The summed E-state index contributed by atoms with van der Waals surface area (Å²) in [5.41, 5.74) is 8.25. The minimum absolute atomic E-state index is 0.0162. The zero-order valence-corrected chi connectivity index (χ0v) is 17.8. The van der Waals surface area contributed by atoms with Crippen molar-refractivity contribution in [3.63, 3.8) is 0 Å². The van der Waals surface area contributed by atoms with Gasteiger partial charge in [0, 0.05) is 62.3 Å². The lowest BCUT2D eigenvalue weighted by molar-refractivity contribution is 0.122. The molecule has 0 aliphatic carbocycles. The van der Waals surface area contributed by atoms with Gasteiger partial charge in [0.05, 0.1) is 18.9 Å². The largest absolute Gasteiger partial charge is 0.378 e. The summed E-state index contributed by atoms with van der Waals surface area (Å²) >= 11 is 0.